The molecule has 0 radical (unpaired) electrons. The van der Waals surface area contributed by atoms with Crippen LogP contribution in [0.25, 0.3) is 0 Å². The van der Waals surface area contributed by atoms with Crippen molar-refractivity contribution in [3.05, 3.63) is 29.8 Å². The molecule has 1 aliphatic carbocycles. The van der Waals surface area contributed by atoms with Crippen LogP contribution in [0.3, 0.4) is 0 Å². The standard InChI is InChI=1S/C28H44N2O6/c1-19(2)21-10-12-22(13-11-21)25(31)29-24(26(32)34-7)18-20-8-14-23(15-9-20)35-17-16-30(6)27(33)36-28(3,4)5/h8-9,14-15,19,21-22,24H,10-13,16-18H2,1-7H3,(H,29,31)/t21-,22-,24-/m0/s1. The first-order valence-electron chi connectivity index (χ1n) is 12.9. The minimum Gasteiger partial charge on any atom is -0.492 e. The first kappa shape index (κ1) is 29.5. The second-order valence-electron chi connectivity index (χ2n) is 11.0. The van der Waals surface area contributed by atoms with Crippen molar-refractivity contribution in [2.75, 3.05) is 27.3 Å². The van der Waals surface area contributed by atoms with Crippen LogP contribution in [0.15, 0.2) is 24.3 Å². The highest BCUT2D eigenvalue weighted by atomic mass is 16.6. The molecule has 36 heavy (non-hydrogen) atoms. The minimum atomic E-state index is -0.737. The quantitative estimate of drug-likeness (QED) is 0.468. The van der Waals surface area contributed by atoms with Crippen LogP contribution in [0.1, 0.15) is 65.9 Å². The van der Waals surface area contributed by atoms with Gasteiger partial charge in [0.05, 0.1) is 13.7 Å². The van der Waals surface area contributed by atoms with E-state index in [9.17, 15) is 14.4 Å². The molecule has 2 amide bonds. The van der Waals surface area contributed by atoms with Gasteiger partial charge in [0, 0.05) is 19.4 Å². The number of esters is 1. The van der Waals surface area contributed by atoms with Gasteiger partial charge in [-0.1, -0.05) is 26.0 Å². The molecule has 0 saturated heterocycles. The van der Waals surface area contributed by atoms with Gasteiger partial charge >= 0.3 is 12.1 Å². The lowest BCUT2D eigenvalue weighted by Crippen LogP contribution is -2.46. The summed E-state index contributed by atoms with van der Waals surface area (Å²) >= 11 is 0. The summed E-state index contributed by atoms with van der Waals surface area (Å²) in [5.74, 6) is 1.38. The molecule has 1 N–H and O–H groups in total. The molecule has 1 saturated carbocycles. The number of methoxy groups -OCH3 is 1. The maximum Gasteiger partial charge on any atom is 0.410 e. The molecule has 0 bridgehead atoms. The SMILES string of the molecule is COC(=O)[C@H](Cc1ccc(OCCN(C)C(=O)OC(C)(C)C)cc1)NC(=O)[C@H]1CC[C@H](C(C)C)CC1. The molecule has 202 valence electrons. The summed E-state index contributed by atoms with van der Waals surface area (Å²) in [6, 6.07) is 6.61. The number of amides is 2. The predicted molar refractivity (Wildman–Crippen MR) is 139 cm³/mol. The highest BCUT2D eigenvalue weighted by Crippen LogP contribution is 2.33. The fraction of sp³-hybridized carbons (Fsp3) is 0.679. The molecule has 1 aliphatic rings. The Morgan fingerprint density at radius 1 is 1.06 bits per heavy atom. The zero-order valence-electron chi connectivity index (χ0n) is 23.0. The van der Waals surface area contributed by atoms with Crippen molar-refractivity contribution in [3.63, 3.8) is 0 Å². The second kappa shape index (κ2) is 13.5. The van der Waals surface area contributed by atoms with Crippen molar-refractivity contribution >= 4 is 18.0 Å². The number of hydrogen-bond donors (Lipinski definition) is 1. The van der Waals surface area contributed by atoms with Gasteiger partial charge in [-0.15, -0.1) is 0 Å². The maximum absolute atomic E-state index is 12.9. The third-order valence-corrected chi connectivity index (χ3v) is 6.65. The van der Waals surface area contributed by atoms with Gasteiger partial charge in [0.15, 0.2) is 0 Å². The number of carbonyl (C=O) groups is 3. The number of carbonyl (C=O) groups excluding carboxylic acids is 3. The Labute approximate surface area is 216 Å². The average molecular weight is 505 g/mol. The monoisotopic (exact) mass is 504 g/mol. The Kier molecular flexibility index (Phi) is 11.1. The number of nitrogens with one attached hydrogen (secondary N) is 1. The Bertz CT molecular complexity index is 854. The minimum absolute atomic E-state index is 0.0539. The number of benzene rings is 1. The zero-order chi connectivity index (χ0) is 26.9. The fourth-order valence-electron chi connectivity index (χ4n) is 4.36. The molecule has 0 aliphatic heterocycles. The van der Waals surface area contributed by atoms with Crippen LogP contribution >= 0.6 is 0 Å². The van der Waals surface area contributed by atoms with Crippen molar-refractivity contribution in [2.45, 2.75) is 78.4 Å². The number of ether oxygens (including phenoxy) is 3. The molecule has 1 atom stereocenters. The molecule has 0 aromatic heterocycles. The van der Waals surface area contributed by atoms with Crippen LogP contribution in [-0.2, 0) is 25.5 Å². The summed E-state index contributed by atoms with van der Waals surface area (Å²) in [4.78, 5) is 38.8. The van der Waals surface area contributed by atoms with E-state index in [4.69, 9.17) is 14.2 Å². The summed E-state index contributed by atoms with van der Waals surface area (Å²) in [5.41, 5.74) is 0.337. The number of likely N-dealkylation sites (N-methyl/N-ethyl adjacent to an activating group) is 1. The van der Waals surface area contributed by atoms with Crippen molar-refractivity contribution in [1.29, 1.82) is 0 Å². The Hall–Kier alpha value is -2.77. The lowest BCUT2D eigenvalue weighted by atomic mass is 9.76. The molecular formula is C28H44N2O6. The van der Waals surface area contributed by atoms with Crippen LogP contribution in [0.4, 0.5) is 4.79 Å². The van der Waals surface area contributed by atoms with Crippen LogP contribution < -0.4 is 10.1 Å². The summed E-state index contributed by atoms with van der Waals surface area (Å²) in [6.07, 6.45) is 3.75. The van der Waals surface area contributed by atoms with E-state index in [0.29, 0.717) is 37.2 Å². The molecule has 1 aromatic rings. The maximum atomic E-state index is 12.9. The van der Waals surface area contributed by atoms with Gasteiger partial charge in [-0.25, -0.2) is 9.59 Å². The molecule has 8 nitrogen and oxygen atoms in total. The predicted octanol–water partition coefficient (Wildman–Crippen LogP) is 4.60. The number of nitrogens with zero attached hydrogens (tertiary/aromatic N) is 1. The van der Waals surface area contributed by atoms with Gasteiger partial charge in [-0.3, -0.25) is 4.79 Å². The van der Waals surface area contributed by atoms with Gasteiger partial charge in [0.1, 0.15) is 24.0 Å². The van der Waals surface area contributed by atoms with Crippen LogP contribution in [0.5, 0.6) is 5.75 Å². The van der Waals surface area contributed by atoms with E-state index in [2.05, 4.69) is 19.2 Å². The van der Waals surface area contributed by atoms with Gasteiger partial charge in [-0.05, 0) is 76.0 Å². The van der Waals surface area contributed by atoms with Crippen LogP contribution in [0.2, 0.25) is 0 Å². The van der Waals surface area contributed by atoms with E-state index >= 15 is 0 Å². The topological polar surface area (TPSA) is 94.2 Å². The van der Waals surface area contributed by atoms with Gasteiger partial charge in [-0.2, -0.15) is 0 Å². The molecule has 1 aromatic carbocycles. The lowest BCUT2D eigenvalue weighted by Gasteiger charge is -2.31. The molecule has 8 heteroatoms. The van der Waals surface area contributed by atoms with Crippen molar-refractivity contribution in [1.82, 2.24) is 10.2 Å². The van der Waals surface area contributed by atoms with E-state index in [1.54, 1.807) is 7.05 Å². The summed E-state index contributed by atoms with van der Waals surface area (Å²) in [6.45, 7) is 10.6. The van der Waals surface area contributed by atoms with Crippen LogP contribution in [-0.4, -0.2) is 61.8 Å². The van der Waals surface area contributed by atoms with Crippen LogP contribution in [0, 0.1) is 17.8 Å². The molecule has 0 heterocycles. The number of hydrogen-bond acceptors (Lipinski definition) is 6. The largest absolute Gasteiger partial charge is 0.492 e. The van der Waals surface area contributed by atoms with Gasteiger partial charge in [0.2, 0.25) is 5.91 Å². The lowest BCUT2D eigenvalue weighted by molar-refractivity contribution is -0.145. The average Bonchev–Trinajstić information content (AvgIpc) is 2.83. The van der Waals surface area contributed by atoms with E-state index in [1.807, 2.05) is 45.0 Å². The first-order valence-corrected chi connectivity index (χ1v) is 12.9. The normalized spacial score (nSPS) is 18.8. The van der Waals surface area contributed by atoms with E-state index in [0.717, 1.165) is 31.2 Å². The zero-order valence-corrected chi connectivity index (χ0v) is 23.0. The second-order valence-corrected chi connectivity index (χ2v) is 11.0. The Morgan fingerprint density at radius 2 is 1.67 bits per heavy atom. The number of rotatable bonds is 10. The van der Waals surface area contributed by atoms with Crippen molar-refractivity contribution < 1.29 is 28.6 Å². The third kappa shape index (κ3) is 9.70. The van der Waals surface area contributed by atoms with E-state index < -0.39 is 23.7 Å². The fourth-order valence-corrected chi connectivity index (χ4v) is 4.36. The Balaban J connectivity index is 1.86. The summed E-state index contributed by atoms with van der Waals surface area (Å²) in [5, 5.41) is 2.92. The summed E-state index contributed by atoms with van der Waals surface area (Å²) < 4.78 is 16.0. The first-order chi connectivity index (χ1) is 16.9. The molecule has 2 rings (SSSR count). The molecular weight excluding hydrogens is 460 g/mol. The van der Waals surface area contributed by atoms with Gasteiger partial charge in [0.25, 0.3) is 0 Å². The smallest absolute Gasteiger partial charge is 0.410 e. The highest BCUT2D eigenvalue weighted by Gasteiger charge is 2.30. The van der Waals surface area contributed by atoms with Gasteiger partial charge < -0.3 is 24.4 Å². The Morgan fingerprint density at radius 3 is 2.19 bits per heavy atom. The van der Waals surface area contributed by atoms with E-state index in [-0.39, 0.29) is 11.8 Å². The molecule has 0 spiro atoms. The highest BCUT2D eigenvalue weighted by molar-refractivity contribution is 5.86. The van der Waals surface area contributed by atoms with E-state index in [1.165, 1.54) is 12.0 Å². The summed E-state index contributed by atoms with van der Waals surface area (Å²) in [7, 11) is 3.00. The third-order valence-electron chi connectivity index (χ3n) is 6.65. The molecule has 0 unspecified atom stereocenters. The van der Waals surface area contributed by atoms with Crippen molar-refractivity contribution in [3.8, 4) is 5.75 Å². The molecule has 1 fully saturated rings. The van der Waals surface area contributed by atoms with Crippen molar-refractivity contribution in [2.24, 2.45) is 17.8 Å².